The van der Waals surface area contributed by atoms with E-state index in [4.69, 9.17) is 0 Å². The lowest BCUT2D eigenvalue weighted by atomic mass is 10.1. The number of aryl methyl sites for hydroxylation is 1. The largest absolute Gasteiger partial charge is 0.266 e. The van der Waals surface area contributed by atoms with E-state index in [9.17, 15) is 4.79 Å². The molecule has 5 heteroatoms. The van der Waals surface area contributed by atoms with Crippen LogP contribution < -0.4 is 0 Å². The van der Waals surface area contributed by atoms with Crippen molar-refractivity contribution in [2.75, 3.05) is 0 Å². The van der Waals surface area contributed by atoms with Gasteiger partial charge in [0.2, 0.25) is 6.08 Å². The Morgan fingerprint density at radius 3 is 2.94 bits per heavy atom. The average Bonchev–Trinajstić information content (AvgIpc) is 2.60. The summed E-state index contributed by atoms with van der Waals surface area (Å²) in [5, 5.41) is 4.08. The molecule has 0 atom stereocenters. The first-order valence-corrected chi connectivity index (χ1v) is 5.38. The quantitative estimate of drug-likeness (QED) is 0.626. The lowest BCUT2D eigenvalue weighted by Crippen LogP contribution is -1.92. The summed E-state index contributed by atoms with van der Waals surface area (Å²) in [4.78, 5) is 13.6. The van der Waals surface area contributed by atoms with Gasteiger partial charge in [0.05, 0.1) is 5.69 Å². The zero-order valence-corrected chi connectivity index (χ0v) is 10.1. The Hall–Kier alpha value is -1.71. The van der Waals surface area contributed by atoms with Crippen LogP contribution in [0.15, 0.2) is 39.8 Å². The number of rotatable bonds is 2. The van der Waals surface area contributed by atoms with Gasteiger partial charge in [-0.15, -0.1) is 4.99 Å². The Labute approximate surface area is 101 Å². The second-order valence-corrected chi connectivity index (χ2v) is 4.14. The summed E-state index contributed by atoms with van der Waals surface area (Å²) in [7, 11) is 1.81. The summed E-state index contributed by atoms with van der Waals surface area (Å²) in [5.41, 5.74) is 1.91. The minimum absolute atomic E-state index is 0.368. The molecule has 80 valence electrons. The van der Waals surface area contributed by atoms with Gasteiger partial charge >= 0.3 is 0 Å². The minimum Gasteiger partial charge on any atom is -0.266 e. The fourth-order valence-corrected chi connectivity index (χ4v) is 1.87. The van der Waals surface area contributed by atoms with Gasteiger partial charge in [0.1, 0.15) is 0 Å². The topological polar surface area (TPSA) is 47.2 Å². The molecule has 0 unspecified atom stereocenters. The van der Waals surface area contributed by atoms with Gasteiger partial charge in [-0.1, -0.05) is 28.1 Å². The Balaban J connectivity index is 2.51. The van der Waals surface area contributed by atoms with Crippen molar-refractivity contribution in [3.63, 3.8) is 0 Å². The van der Waals surface area contributed by atoms with Gasteiger partial charge in [-0.05, 0) is 12.1 Å². The highest BCUT2D eigenvalue weighted by atomic mass is 79.9. The first-order valence-electron chi connectivity index (χ1n) is 4.58. The van der Waals surface area contributed by atoms with Crippen LogP contribution in [0.25, 0.3) is 11.3 Å². The normalized spacial score (nSPS) is 9.88. The summed E-state index contributed by atoms with van der Waals surface area (Å²) < 4.78 is 2.67. The highest BCUT2D eigenvalue weighted by Crippen LogP contribution is 2.25. The molecule has 0 saturated heterocycles. The molecule has 1 heterocycles. The van der Waals surface area contributed by atoms with Crippen LogP contribution in [-0.2, 0) is 11.8 Å². The molecule has 1 aromatic heterocycles. The molecular weight excluding hydrogens is 270 g/mol. The van der Waals surface area contributed by atoms with Crippen LogP contribution in [0, 0.1) is 0 Å². The summed E-state index contributed by atoms with van der Waals surface area (Å²) in [5.74, 6) is 0.368. The van der Waals surface area contributed by atoms with Crippen LogP contribution in [0.5, 0.6) is 0 Å². The number of hydrogen-bond donors (Lipinski definition) is 0. The van der Waals surface area contributed by atoms with E-state index in [1.165, 1.54) is 6.08 Å². The number of halogens is 1. The van der Waals surface area contributed by atoms with Gasteiger partial charge in [0, 0.05) is 23.2 Å². The maximum atomic E-state index is 10.1. The molecule has 1 aromatic carbocycles. The number of benzene rings is 1. The average molecular weight is 278 g/mol. The van der Waals surface area contributed by atoms with E-state index in [-0.39, 0.29) is 0 Å². The van der Waals surface area contributed by atoms with Crippen LogP contribution in [0.3, 0.4) is 0 Å². The van der Waals surface area contributed by atoms with E-state index in [0.29, 0.717) is 5.82 Å². The first-order chi connectivity index (χ1) is 7.70. The Morgan fingerprint density at radius 2 is 2.25 bits per heavy atom. The fourth-order valence-electron chi connectivity index (χ4n) is 1.47. The van der Waals surface area contributed by atoms with Crippen molar-refractivity contribution in [3.8, 4) is 11.3 Å². The smallest absolute Gasteiger partial charge is 0.242 e. The third kappa shape index (κ3) is 2.10. The van der Waals surface area contributed by atoms with E-state index >= 15 is 0 Å². The van der Waals surface area contributed by atoms with E-state index in [1.807, 2.05) is 24.3 Å². The van der Waals surface area contributed by atoms with Crippen LogP contribution in [0.2, 0.25) is 0 Å². The van der Waals surface area contributed by atoms with Crippen molar-refractivity contribution in [1.82, 2.24) is 9.78 Å². The number of hydrogen-bond acceptors (Lipinski definition) is 3. The molecule has 0 aliphatic rings. The van der Waals surface area contributed by atoms with E-state index < -0.39 is 0 Å². The fraction of sp³-hybridized carbons (Fsp3) is 0.0909. The number of aliphatic imine (C=N–C) groups is 1. The van der Waals surface area contributed by atoms with Crippen molar-refractivity contribution in [1.29, 1.82) is 0 Å². The van der Waals surface area contributed by atoms with Crippen molar-refractivity contribution in [3.05, 3.63) is 34.8 Å². The molecule has 0 saturated carbocycles. The molecule has 0 aliphatic heterocycles. The third-order valence-corrected chi connectivity index (χ3v) is 2.64. The summed E-state index contributed by atoms with van der Waals surface area (Å²) >= 11 is 3.41. The van der Waals surface area contributed by atoms with Gasteiger partial charge in [0.25, 0.3) is 0 Å². The lowest BCUT2D eigenvalue weighted by Gasteiger charge is -2.01. The first kappa shape index (κ1) is 10.8. The molecule has 2 rings (SSSR count). The Kier molecular flexibility index (Phi) is 2.99. The Bertz CT molecular complexity index is 570. The van der Waals surface area contributed by atoms with Crippen LogP contribution >= 0.6 is 15.9 Å². The molecular formula is C11H8BrN3O. The zero-order valence-electron chi connectivity index (χ0n) is 8.51. The van der Waals surface area contributed by atoms with Gasteiger partial charge in [-0.3, -0.25) is 4.68 Å². The van der Waals surface area contributed by atoms with Crippen LogP contribution in [-0.4, -0.2) is 15.9 Å². The van der Waals surface area contributed by atoms with Crippen molar-refractivity contribution < 1.29 is 4.79 Å². The molecule has 0 N–H and O–H groups in total. The highest BCUT2D eigenvalue weighted by Gasteiger charge is 2.06. The SMILES string of the molecule is Cn1nc(N=C=O)cc1-c1cccc(Br)c1. The zero-order chi connectivity index (χ0) is 11.5. The molecule has 0 fully saturated rings. The van der Waals surface area contributed by atoms with Gasteiger partial charge in [-0.25, -0.2) is 4.79 Å². The van der Waals surface area contributed by atoms with Crippen molar-refractivity contribution in [2.45, 2.75) is 0 Å². The molecule has 0 amide bonds. The summed E-state index contributed by atoms with van der Waals surface area (Å²) in [6, 6.07) is 9.58. The molecule has 0 bridgehead atoms. The maximum Gasteiger partial charge on any atom is 0.242 e. The molecule has 0 aliphatic carbocycles. The highest BCUT2D eigenvalue weighted by molar-refractivity contribution is 9.10. The predicted octanol–water partition coefficient (Wildman–Crippen LogP) is 2.82. The van der Waals surface area contributed by atoms with Gasteiger partial charge < -0.3 is 0 Å². The summed E-state index contributed by atoms with van der Waals surface area (Å²) in [6.45, 7) is 0. The monoisotopic (exact) mass is 277 g/mol. The van der Waals surface area contributed by atoms with Gasteiger partial charge in [-0.2, -0.15) is 5.10 Å². The summed E-state index contributed by atoms with van der Waals surface area (Å²) in [6.07, 6.45) is 1.48. The number of nitrogens with zero attached hydrogens (tertiary/aromatic N) is 3. The predicted molar refractivity (Wildman–Crippen MR) is 64.1 cm³/mol. The number of isocyanates is 1. The van der Waals surface area contributed by atoms with E-state index in [2.05, 4.69) is 26.0 Å². The molecule has 16 heavy (non-hydrogen) atoms. The van der Waals surface area contributed by atoms with E-state index in [0.717, 1.165) is 15.7 Å². The molecule has 4 nitrogen and oxygen atoms in total. The minimum atomic E-state index is 0.368. The van der Waals surface area contributed by atoms with Crippen LogP contribution in [0.1, 0.15) is 0 Å². The lowest BCUT2D eigenvalue weighted by molar-refractivity contribution is 0.565. The number of carbonyl (C=O) groups excluding carboxylic acids is 1. The Morgan fingerprint density at radius 1 is 1.44 bits per heavy atom. The molecule has 0 radical (unpaired) electrons. The standard InChI is InChI=1S/C11H8BrN3O/c1-15-10(6-11(14-15)13-7-16)8-3-2-4-9(12)5-8/h2-6H,1H3. The maximum absolute atomic E-state index is 10.1. The second kappa shape index (κ2) is 4.43. The third-order valence-electron chi connectivity index (χ3n) is 2.15. The molecule has 0 spiro atoms. The van der Waals surface area contributed by atoms with Crippen molar-refractivity contribution in [2.24, 2.45) is 12.0 Å². The van der Waals surface area contributed by atoms with Crippen molar-refractivity contribution >= 4 is 27.8 Å². The van der Waals surface area contributed by atoms with Gasteiger partial charge in [0.15, 0.2) is 5.82 Å². The van der Waals surface area contributed by atoms with E-state index in [1.54, 1.807) is 17.8 Å². The van der Waals surface area contributed by atoms with Crippen LogP contribution in [0.4, 0.5) is 5.82 Å². The second-order valence-electron chi connectivity index (χ2n) is 3.22. The number of aromatic nitrogens is 2. The molecule has 2 aromatic rings.